The van der Waals surface area contributed by atoms with Crippen molar-refractivity contribution in [2.45, 2.75) is 0 Å². The van der Waals surface area contributed by atoms with Crippen LogP contribution in [-0.4, -0.2) is 71.8 Å². The average Bonchev–Trinajstić information content (AvgIpc) is 0. The third kappa shape index (κ3) is 25.7. The van der Waals surface area contributed by atoms with Crippen molar-refractivity contribution in [3.8, 4) is 0 Å². The fourth-order valence-corrected chi connectivity index (χ4v) is 0. The van der Waals surface area contributed by atoms with Crippen LogP contribution in [0.4, 0.5) is 0 Å². The zero-order valence-corrected chi connectivity index (χ0v) is 11.6. The fraction of sp³-hybridized carbons (Fsp3) is 0. The van der Waals surface area contributed by atoms with Gasteiger partial charge < -0.3 is 0 Å². The van der Waals surface area contributed by atoms with E-state index in [1.807, 2.05) is 0 Å². The summed E-state index contributed by atoms with van der Waals surface area (Å²) in [5, 5.41) is 0. The molecule has 0 saturated carbocycles. The summed E-state index contributed by atoms with van der Waals surface area (Å²) in [6.07, 6.45) is 0. The second-order valence-electron chi connectivity index (χ2n) is 0. The molecule has 0 aliphatic rings. The van der Waals surface area contributed by atoms with Gasteiger partial charge in [0.15, 0.2) is 0 Å². The Hall–Kier alpha value is 3.54. The Labute approximate surface area is 110 Å². The van der Waals surface area contributed by atoms with E-state index in [1.165, 1.54) is 0 Å². The van der Waals surface area contributed by atoms with Crippen LogP contribution in [0, 0.1) is 0 Å². The molecule has 0 bridgehead atoms. The Bertz CT molecular complexity index is 15.5. The first-order valence-corrected chi connectivity index (χ1v) is 0. The van der Waals surface area contributed by atoms with Gasteiger partial charge in [-0.3, -0.25) is 0 Å². The molecule has 0 saturated heterocycles. The van der Waals surface area contributed by atoms with E-state index in [0.717, 1.165) is 0 Å². The van der Waals surface area contributed by atoms with E-state index in [2.05, 4.69) is 0 Å². The molecule has 6 heteroatoms. The van der Waals surface area contributed by atoms with Gasteiger partial charge in [-0.05, 0) is 0 Å². The summed E-state index contributed by atoms with van der Waals surface area (Å²) in [7, 11) is 0. The summed E-state index contributed by atoms with van der Waals surface area (Å²) < 4.78 is 0. The summed E-state index contributed by atoms with van der Waals surface area (Å²) in [4.78, 5) is 0. The minimum Gasteiger partial charge on any atom is -0.197 e. The molecule has 8 radical (unpaired) electrons. The molecule has 0 spiro atoms. The topological polar surface area (TPSA) is 0 Å². The summed E-state index contributed by atoms with van der Waals surface area (Å²) >= 11 is 0. The monoisotopic (exact) mass is 216 g/mol. The maximum Gasteiger partial charge on any atom is 0 e. The summed E-state index contributed by atoms with van der Waals surface area (Å²) in [6.45, 7) is 0. The van der Waals surface area contributed by atoms with E-state index in [4.69, 9.17) is 0 Å². The third-order valence-electron chi connectivity index (χ3n) is 0. The summed E-state index contributed by atoms with van der Waals surface area (Å²) in [5.41, 5.74) is 0. The molecule has 0 aromatic rings. The molecule has 0 fully saturated rings. The van der Waals surface area contributed by atoms with Crippen LogP contribution in [0.2, 0.25) is 0 Å². The zero-order valence-electron chi connectivity index (χ0n) is 3.47. The fourth-order valence-electron chi connectivity index (χ4n) is 0. The molecule has 0 N–H and O–H groups in total. The smallest absolute Gasteiger partial charge is 0 e. The molecule has 0 amide bonds. The number of hydrogen-bond acceptors (Lipinski definition) is 0. The first-order valence-electron chi connectivity index (χ1n) is 0. The molecular weight excluding hydrogens is 211 g/mol. The average molecular weight is 216 g/mol. The maximum atomic E-state index is 0. The third-order valence-corrected chi connectivity index (χ3v) is 0. The van der Waals surface area contributed by atoms with Gasteiger partial charge in [-0.25, -0.2) is 0 Å². The van der Waals surface area contributed by atoms with E-state index in [-0.39, 0.29) is 112 Å². The number of rotatable bonds is 0. The van der Waals surface area contributed by atoms with Crippen LogP contribution in [0.25, 0.3) is 0 Å². The van der Waals surface area contributed by atoms with Crippen LogP contribution in [0.1, 0.15) is 0 Å². The molecule has 1 atom stereocenters. The van der Waals surface area contributed by atoms with Gasteiger partial charge in [0.1, 0.15) is 0 Å². The molecular formula is H5CaFeMgPSSi. The Morgan fingerprint density at radius 3 is 1.00 bits per heavy atom. The van der Waals surface area contributed by atoms with Crippen molar-refractivity contribution in [1.82, 2.24) is 0 Å². The minimum absolute atomic E-state index is 0. The molecule has 0 heterocycles. The minimum atomic E-state index is 0. The zero-order chi connectivity index (χ0) is 0. The van der Waals surface area contributed by atoms with E-state index < -0.39 is 0 Å². The van der Waals surface area contributed by atoms with Crippen molar-refractivity contribution in [3.05, 3.63) is 0 Å². The van der Waals surface area contributed by atoms with Gasteiger partial charge in [-0.1, -0.05) is 0 Å². The van der Waals surface area contributed by atoms with Crippen molar-refractivity contribution in [2.75, 3.05) is 0 Å². The largest absolute Gasteiger partial charge is 0.197 e. The summed E-state index contributed by atoms with van der Waals surface area (Å²) in [6, 6.07) is 0. The second kappa shape index (κ2) is 38.7. The van der Waals surface area contributed by atoms with Crippen LogP contribution in [-0.2, 0) is 17.1 Å². The Kier molecular flexibility index (Phi) is 358. The van der Waals surface area contributed by atoms with E-state index in [0.29, 0.717) is 0 Å². The predicted octanol–water partition coefficient (Wildman–Crippen LogP) is -0.974. The normalized spacial score (nSPS) is 0. The van der Waals surface area contributed by atoms with E-state index in [1.54, 1.807) is 0 Å². The Morgan fingerprint density at radius 2 is 1.00 bits per heavy atom. The quantitative estimate of drug-likeness (QED) is 0.361. The van der Waals surface area contributed by atoms with Gasteiger partial charge in [-0.15, -0.1) is 0 Å². The summed E-state index contributed by atoms with van der Waals surface area (Å²) in [5.74, 6) is 0. The number of hydrogen-bond donors (Lipinski definition) is 0. The molecule has 0 aliphatic carbocycles. The second-order valence-corrected chi connectivity index (χ2v) is 0. The Balaban J connectivity index is 0. The van der Waals surface area contributed by atoms with Crippen molar-refractivity contribution in [3.63, 3.8) is 0 Å². The molecule has 0 aromatic carbocycles. The van der Waals surface area contributed by atoms with Crippen LogP contribution < -0.4 is 0 Å². The molecule has 0 nitrogen and oxygen atoms in total. The molecule has 32 valence electrons. The van der Waals surface area contributed by atoms with Gasteiger partial charge in [0, 0.05) is 88.8 Å². The van der Waals surface area contributed by atoms with Crippen molar-refractivity contribution < 1.29 is 17.1 Å². The van der Waals surface area contributed by atoms with Crippen LogP contribution in [0.3, 0.4) is 0 Å². The van der Waals surface area contributed by atoms with Gasteiger partial charge in [0.2, 0.25) is 0 Å². The Morgan fingerprint density at radius 1 is 1.00 bits per heavy atom. The molecule has 0 aromatic heterocycles. The molecule has 1 unspecified atom stereocenters. The SMILES string of the molecule is P.S.[Ca].[Fe].[Mg].[Si]. The molecule has 0 rings (SSSR count). The predicted molar refractivity (Wildman–Crippen MR) is 38.7 cm³/mol. The van der Waals surface area contributed by atoms with Gasteiger partial charge in [0.25, 0.3) is 0 Å². The van der Waals surface area contributed by atoms with Crippen molar-refractivity contribution in [1.29, 1.82) is 0 Å². The van der Waals surface area contributed by atoms with Gasteiger partial charge in [-0.2, -0.15) is 23.4 Å². The van der Waals surface area contributed by atoms with Crippen molar-refractivity contribution in [2.24, 2.45) is 0 Å². The van der Waals surface area contributed by atoms with Crippen molar-refractivity contribution >= 4 is 95.2 Å². The van der Waals surface area contributed by atoms with Crippen LogP contribution in [0.15, 0.2) is 0 Å². The van der Waals surface area contributed by atoms with Gasteiger partial charge >= 0.3 is 0 Å². The first kappa shape index (κ1) is 55.5. The molecule has 6 heavy (non-hydrogen) atoms. The van der Waals surface area contributed by atoms with Crippen LogP contribution >= 0.6 is 23.4 Å². The standard InChI is InChI=1S/Ca.Fe.Mg.H3P.H2S.Si/h;;;1H3;1H2;. The maximum absolute atomic E-state index is 0. The van der Waals surface area contributed by atoms with Crippen LogP contribution in [0.5, 0.6) is 0 Å². The first-order chi connectivity index (χ1) is 0. The van der Waals surface area contributed by atoms with Gasteiger partial charge in [0.05, 0.1) is 0 Å². The van der Waals surface area contributed by atoms with E-state index in [9.17, 15) is 0 Å². The van der Waals surface area contributed by atoms with E-state index >= 15 is 0 Å². The molecule has 0 aliphatic heterocycles.